The topological polar surface area (TPSA) is 73.2 Å². The molecule has 1 aromatic rings. The fourth-order valence-electron chi connectivity index (χ4n) is 1.68. The first-order chi connectivity index (χ1) is 8.52. The van der Waals surface area contributed by atoms with E-state index in [2.05, 4.69) is 0 Å². The average molecular weight is 251 g/mol. The number of anilines is 1. The molecular weight excluding hydrogens is 244 g/mol. The number of hydrogen-bond acceptors (Lipinski definition) is 4. The third kappa shape index (κ3) is 2.00. The summed E-state index contributed by atoms with van der Waals surface area (Å²) in [4.78, 5) is 23.4. The molecule has 0 bridgehead atoms. The summed E-state index contributed by atoms with van der Waals surface area (Å²) >= 11 is 0. The molecule has 0 unspecified atom stereocenters. The van der Waals surface area contributed by atoms with E-state index in [0.29, 0.717) is 0 Å². The Bertz CT molecular complexity index is 564. The van der Waals surface area contributed by atoms with Gasteiger partial charge in [-0.25, -0.2) is 8.78 Å². The van der Waals surface area contributed by atoms with Crippen molar-refractivity contribution in [3.05, 3.63) is 29.3 Å². The molecule has 1 aliphatic rings. The Balaban J connectivity index is 2.40. The second kappa shape index (κ2) is 4.41. The van der Waals surface area contributed by atoms with Crippen LogP contribution in [0.25, 0.3) is 0 Å². The SMILES string of the molecule is N#Cc1ccc(N2CC(=O)NC(=O)C2)c(F)c1F. The number of carbonyl (C=O) groups excluding carboxylic acids is 2. The van der Waals surface area contributed by atoms with Crippen molar-refractivity contribution < 1.29 is 18.4 Å². The van der Waals surface area contributed by atoms with E-state index in [1.54, 1.807) is 0 Å². The minimum absolute atomic E-state index is 0.213. The Morgan fingerprint density at radius 2 is 1.78 bits per heavy atom. The number of nitriles is 1. The van der Waals surface area contributed by atoms with Gasteiger partial charge in [0.1, 0.15) is 6.07 Å². The number of piperazine rings is 1. The molecule has 18 heavy (non-hydrogen) atoms. The monoisotopic (exact) mass is 251 g/mol. The highest BCUT2D eigenvalue weighted by Crippen LogP contribution is 2.24. The zero-order valence-corrected chi connectivity index (χ0v) is 9.04. The Morgan fingerprint density at radius 1 is 1.17 bits per heavy atom. The molecule has 0 spiro atoms. The van der Waals surface area contributed by atoms with E-state index in [9.17, 15) is 18.4 Å². The normalized spacial score (nSPS) is 15.3. The first-order valence-corrected chi connectivity index (χ1v) is 4.98. The van der Waals surface area contributed by atoms with Crippen LogP contribution < -0.4 is 10.2 Å². The van der Waals surface area contributed by atoms with Gasteiger partial charge in [-0.3, -0.25) is 14.9 Å². The molecule has 0 saturated carbocycles. The van der Waals surface area contributed by atoms with Crippen LogP contribution in [-0.4, -0.2) is 24.9 Å². The molecule has 0 radical (unpaired) electrons. The maximum absolute atomic E-state index is 13.7. The molecule has 1 saturated heterocycles. The van der Waals surface area contributed by atoms with Crippen LogP contribution in [0, 0.1) is 23.0 Å². The van der Waals surface area contributed by atoms with E-state index in [1.165, 1.54) is 12.1 Å². The van der Waals surface area contributed by atoms with Gasteiger partial charge in [-0.05, 0) is 12.1 Å². The molecule has 1 aromatic carbocycles. The summed E-state index contributed by atoms with van der Waals surface area (Å²) < 4.78 is 27.1. The van der Waals surface area contributed by atoms with Crippen molar-refractivity contribution in [1.82, 2.24) is 5.32 Å². The van der Waals surface area contributed by atoms with Crippen molar-refractivity contribution in [3.8, 4) is 6.07 Å². The molecule has 92 valence electrons. The maximum atomic E-state index is 13.7. The summed E-state index contributed by atoms with van der Waals surface area (Å²) in [5, 5.41) is 10.6. The van der Waals surface area contributed by atoms with E-state index in [4.69, 9.17) is 5.26 Å². The maximum Gasteiger partial charge on any atom is 0.246 e. The van der Waals surface area contributed by atoms with Crippen molar-refractivity contribution in [2.24, 2.45) is 0 Å². The molecule has 0 aliphatic carbocycles. The van der Waals surface area contributed by atoms with Gasteiger partial charge in [-0.15, -0.1) is 0 Å². The molecular formula is C11H7F2N3O2. The van der Waals surface area contributed by atoms with Gasteiger partial charge < -0.3 is 4.90 Å². The number of hydrogen-bond donors (Lipinski definition) is 1. The molecule has 2 amide bonds. The summed E-state index contributed by atoms with van der Waals surface area (Å²) in [6.45, 7) is -0.484. The van der Waals surface area contributed by atoms with Crippen LogP contribution in [-0.2, 0) is 9.59 Å². The van der Waals surface area contributed by atoms with Gasteiger partial charge in [-0.2, -0.15) is 5.26 Å². The smallest absolute Gasteiger partial charge is 0.246 e. The number of nitrogens with zero attached hydrogens (tertiary/aromatic N) is 2. The summed E-state index contributed by atoms with van der Waals surface area (Å²) in [7, 11) is 0. The van der Waals surface area contributed by atoms with Crippen LogP contribution in [0.4, 0.5) is 14.5 Å². The lowest BCUT2D eigenvalue weighted by Gasteiger charge is -2.27. The van der Waals surface area contributed by atoms with Gasteiger partial charge in [0.2, 0.25) is 11.8 Å². The first kappa shape index (κ1) is 12.0. The van der Waals surface area contributed by atoms with Crippen LogP contribution in [0.5, 0.6) is 0 Å². The lowest BCUT2D eigenvalue weighted by molar-refractivity contribution is -0.130. The molecule has 0 aromatic heterocycles. The molecule has 1 aliphatic heterocycles. The zero-order valence-electron chi connectivity index (χ0n) is 9.04. The number of benzene rings is 1. The molecule has 0 atom stereocenters. The third-order valence-electron chi connectivity index (χ3n) is 2.47. The highest BCUT2D eigenvalue weighted by Gasteiger charge is 2.26. The standard InChI is InChI=1S/C11H7F2N3O2/c12-10-6(3-14)1-2-7(11(10)13)16-4-8(17)15-9(18)5-16/h1-2H,4-5H2,(H,15,17,18). The fourth-order valence-corrected chi connectivity index (χ4v) is 1.68. The lowest BCUT2D eigenvalue weighted by atomic mass is 10.1. The number of halogens is 2. The zero-order chi connectivity index (χ0) is 13.3. The quantitative estimate of drug-likeness (QED) is 0.728. The second-order valence-corrected chi connectivity index (χ2v) is 3.70. The number of amides is 2. The first-order valence-electron chi connectivity index (χ1n) is 4.98. The Kier molecular flexibility index (Phi) is 2.93. The highest BCUT2D eigenvalue weighted by atomic mass is 19.2. The summed E-state index contributed by atoms with van der Waals surface area (Å²) in [5.41, 5.74) is -0.640. The molecule has 1 N–H and O–H groups in total. The average Bonchev–Trinajstić information content (AvgIpc) is 2.31. The summed E-state index contributed by atoms with van der Waals surface area (Å²) in [6, 6.07) is 3.78. The number of rotatable bonds is 1. The molecule has 2 rings (SSSR count). The van der Waals surface area contributed by atoms with Crippen molar-refractivity contribution in [3.63, 3.8) is 0 Å². The lowest BCUT2D eigenvalue weighted by Crippen LogP contribution is -2.51. The predicted molar refractivity (Wildman–Crippen MR) is 56.4 cm³/mol. The Morgan fingerprint density at radius 3 is 2.33 bits per heavy atom. The molecule has 5 nitrogen and oxygen atoms in total. The predicted octanol–water partition coefficient (Wildman–Crippen LogP) is 0.299. The van der Waals surface area contributed by atoms with E-state index in [1.807, 2.05) is 5.32 Å². The Hall–Kier alpha value is -2.49. The number of carbonyl (C=O) groups is 2. The van der Waals surface area contributed by atoms with Crippen molar-refractivity contribution in [1.29, 1.82) is 5.26 Å². The van der Waals surface area contributed by atoms with Crippen LogP contribution in [0.2, 0.25) is 0 Å². The van der Waals surface area contributed by atoms with Crippen molar-refractivity contribution in [2.75, 3.05) is 18.0 Å². The van der Waals surface area contributed by atoms with Crippen LogP contribution in [0.15, 0.2) is 12.1 Å². The minimum atomic E-state index is -1.28. The Labute approximate surface area is 101 Å². The second-order valence-electron chi connectivity index (χ2n) is 3.70. The van der Waals surface area contributed by atoms with Gasteiger partial charge in [-0.1, -0.05) is 0 Å². The number of imide groups is 1. The minimum Gasteiger partial charge on any atom is -0.350 e. The van der Waals surface area contributed by atoms with E-state index in [0.717, 1.165) is 11.0 Å². The molecule has 1 heterocycles. The van der Waals surface area contributed by atoms with E-state index in [-0.39, 0.29) is 18.8 Å². The summed E-state index contributed by atoms with van der Waals surface area (Å²) in [5.74, 6) is -3.70. The molecule has 7 heteroatoms. The van der Waals surface area contributed by atoms with Gasteiger partial charge in [0.05, 0.1) is 24.3 Å². The van der Waals surface area contributed by atoms with Crippen LogP contribution in [0.1, 0.15) is 5.56 Å². The van der Waals surface area contributed by atoms with Gasteiger partial charge in [0.25, 0.3) is 0 Å². The largest absolute Gasteiger partial charge is 0.350 e. The van der Waals surface area contributed by atoms with Gasteiger partial charge >= 0.3 is 0 Å². The van der Waals surface area contributed by atoms with Crippen molar-refractivity contribution >= 4 is 17.5 Å². The molecule has 1 fully saturated rings. The number of nitrogens with one attached hydrogen (secondary N) is 1. The third-order valence-corrected chi connectivity index (χ3v) is 2.47. The summed E-state index contributed by atoms with van der Waals surface area (Å²) in [6.07, 6.45) is 0. The van der Waals surface area contributed by atoms with Crippen LogP contribution in [0.3, 0.4) is 0 Å². The van der Waals surface area contributed by atoms with Crippen molar-refractivity contribution in [2.45, 2.75) is 0 Å². The van der Waals surface area contributed by atoms with Gasteiger partial charge in [0, 0.05) is 0 Å². The highest BCUT2D eigenvalue weighted by molar-refractivity contribution is 6.02. The van der Waals surface area contributed by atoms with E-state index < -0.39 is 29.0 Å². The van der Waals surface area contributed by atoms with Gasteiger partial charge in [0.15, 0.2) is 11.6 Å². The van der Waals surface area contributed by atoms with Crippen LogP contribution >= 0.6 is 0 Å². The fraction of sp³-hybridized carbons (Fsp3) is 0.182. The van der Waals surface area contributed by atoms with E-state index >= 15 is 0 Å².